The number of rotatable bonds is 5. The lowest BCUT2D eigenvalue weighted by Gasteiger charge is -2.17. The van der Waals surface area contributed by atoms with Crippen LogP contribution < -0.4 is 10.2 Å². The molecule has 1 fully saturated rings. The highest BCUT2D eigenvalue weighted by Crippen LogP contribution is 2.26. The van der Waals surface area contributed by atoms with E-state index in [-0.39, 0.29) is 24.8 Å². The van der Waals surface area contributed by atoms with E-state index in [1.54, 1.807) is 17.9 Å². The molecule has 2 unspecified atom stereocenters. The average Bonchev–Trinajstić information content (AvgIpc) is 3.21. The Hall–Kier alpha value is -3.16. The first-order valence-electron chi connectivity index (χ1n) is 8.65. The standard InChI is InChI=1S/C19H21N3O5/c1-11-4-6-15(7-5-11)22-10-14(9-17(22)23)19(25)26-13(3)18(24)20-16-8-12(2)21-27-16/h4-8,13-14H,9-10H2,1-3H3,(H,20,24). The number of carbonyl (C=O) groups is 3. The third-order valence-electron chi connectivity index (χ3n) is 4.34. The molecule has 1 N–H and O–H groups in total. The van der Waals surface area contributed by atoms with E-state index in [0.29, 0.717) is 5.69 Å². The zero-order chi connectivity index (χ0) is 19.6. The molecule has 2 atom stereocenters. The molecule has 1 saturated heterocycles. The third kappa shape index (κ3) is 4.33. The molecule has 142 valence electrons. The summed E-state index contributed by atoms with van der Waals surface area (Å²) in [6.45, 7) is 5.38. The maximum Gasteiger partial charge on any atom is 0.312 e. The Morgan fingerprint density at radius 1 is 1.30 bits per heavy atom. The van der Waals surface area contributed by atoms with Crippen molar-refractivity contribution in [2.75, 3.05) is 16.8 Å². The van der Waals surface area contributed by atoms with Crippen LogP contribution in [0.4, 0.5) is 11.6 Å². The summed E-state index contributed by atoms with van der Waals surface area (Å²) in [5.74, 6) is -1.67. The maximum atomic E-state index is 12.4. The molecule has 0 radical (unpaired) electrons. The van der Waals surface area contributed by atoms with Gasteiger partial charge in [-0.25, -0.2) is 0 Å². The minimum absolute atomic E-state index is 0.0579. The molecule has 2 heterocycles. The van der Waals surface area contributed by atoms with Gasteiger partial charge >= 0.3 is 5.97 Å². The van der Waals surface area contributed by atoms with E-state index in [4.69, 9.17) is 9.26 Å². The van der Waals surface area contributed by atoms with Crippen LogP contribution in [0, 0.1) is 19.8 Å². The first-order chi connectivity index (χ1) is 12.8. The summed E-state index contributed by atoms with van der Waals surface area (Å²) >= 11 is 0. The molecule has 1 aromatic heterocycles. The van der Waals surface area contributed by atoms with Gasteiger partial charge in [-0.3, -0.25) is 19.7 Å². The number of amides is 2. The van der Waals surface area contributed by atoms with Crippen molar-refractivity contribution in [3.8, 4) is 0 Å². The lowest BCUT2D eigenvalue weighted by atomic mass is 10.1. The van der Waals surface area contributed by atoms with Gasteiger partial charge in [0.1, 0.15) is 0 Å². The average molecular weight is 371 g/mol. The van der Waals surface area contributed by atoms with Crippen molar-refractivity contribution in [2.24, 2.45) is 5.92 Å². The van der Waals surface area contributed by atoms with E-state index < -0.39 is 23.9 Å². The van der Waals surface area contributed by atoms with Crippen molar-refractivity contribution in [1.29, 1.82) is 0 Å². The lowest BCUT2D eigenvalue weighted by Crippen LogP contribution is -2.33. The van der Waals surface area contributed by atoms with Crippen LogP contribution in [0.25, 0.3) is 0 Å². The highest BCUT2D eigenvalue weighted by molar-refractivity contribution is 6.00. The molecule has 0 saturated carbocycles. The summed E-state index contributed by atoms with van der Waals surface area (Å²) in [6, 6.07) is 9.06. The number of ether oxygens (including phenoxy) is 1. The number of anilines is 2. The summed E-state index contributed by atoms with van der Waals surface area (Å²) in [5.41, 5.74) is 2.45. The fourth-order valence-corrected chi connectivity index (χ4v) is 2.81. The van der Waals surface area contributed by atoms with Gasteiger partial charge in [0.25, 0.3) is 5.91 Å². The fraction of sp³-hybridized carbons (Fsp3) is 0.368. The van der Waals surface area contributed by atoms with E-state index in [1.165, 1.54) is 6.92 Å². The van der Waals surface area contributed by atoms with Gasteiger partial charge < -0.3 is 14.2 Å². The van der Waals surface area contributed by atoms with Crippen LogP contribution >= 0.6 is 0 Å². The van der Waals surface area contributed by atoms with Gasteiger partial charge in [0.2, 0.25) is 11.8 Å². The molecule has 0 bridgehead atoms. The normalized spacial score (nSPS) is 17.7. The smallest absolute Gasteiger partial charge is 0.312 e. The molecule has 2 aromatic rings. The number of nitrogens with one attached hydrogen (secondary N) is 1. The molecule has 1 aromatic carbocycles. The van der Waals surface area contributed by atoms with E-state index in [9.17, 15) is 14.4 Å². The first-order valence-corrected chi connectivity index (χ1v) is 8.65. The summed E-state index contributed by atoms with van der Waals surface area (Å²) in [7, 11) is 0. The number of hydrogen-bond acceptors (Lipinski definition) is 6. The Morgan fingerprint density at radius 3 is 2.63 bits per heavy atom. The van der Waals surface area contributed by atoms with Crippen LogP contribution in [0.5, 0.6) is 0 Å². The van der Waals surface area contributed by atoms with Crippen molar-refractivity contribution in [1.82, 2.24) is 5.16 Å². The van der Waals surface area contributed by atoms with Crippen LogP contribution in [-0.4, -0.2) is 35.6 Å². The lowest BCUT2D eigenvalue weighted by molar-refractivity contribution is -0.157. The van der Waals surface area contributed by atoms with Gasteiger partial charge in [0.15, 0.2) is 6.10 Å². The minimum Gasteiger partial charge on any atom is -0.452 e. The summed E-state index contributed by atoms with van der Waals surface area (Å²) < 4.78 is 10.1. The van der Waals surface area contributed by atoms with Crippen molar-refractivity contribution < 1.29 is 23.6 Å². The molecule has 0 aliphatic carbocycles. The number of esters is 1. The second kappa shape index (κ2) is 7.61. The van der Waals surface area contributed by atoms with Gasteiger partial charge in [-0.1, -0.05) is 22.9 Å². The number of benzene rings is 1. The van der Waals surface area contributed by atoms with Crippen molar-refractivity contribution >= 4 is 29.4 Å². The maximum absolute atomic E-state index is 12.4. The second-order valence-corrected chi connectivity index (χ2v) is 6.64. The van der Waals surface area contributed by atoms with Crippen molar-refractivity contribution in [2.45, 2.75) is 33.3 Å². The summed E-state index contributed by atoms with van der Waals surface area (Å²) in [5, 5.41) is 6.15. The Labute approximate surface area is 156 Å². The second-order valence-electron chi connectivity index (χ2n) is 6.64. The molecule has 0 spiro atoms. The highest BCUT2D eigenvalue weighted by atomic mass is 16.5. The Kier molecular flexibility index (Phi) is 5.25. The topological polar surface area (TPSA) is 102 Å². The van der Waals surface area contributed by atoms with Crippen LogP contribution in [0.3, 0.4) is 0 Å². The van der Waals surface area contributed by atoms with Crippen LogP contribution in [0.2, 0.25) is 0 Å². The predicted molar refractivity (Wildman–Crippen MR) is 97.1 cm³/mol. The molecule has 1 aliphatic heterocycles. The zero-order valence-electron chi connectivity index (χ0n) is 15.4. The summed E-state index contributed by atoms with van der Waals surface area (Å²) in [4.78, 5) is 38.3. The van der Waals surface area contributed by atoms with Gasteiger partial charge in [-0.15, -0.1) is 0 Å². The van der Waals surface area contributed by atoms with Crippen molar-refractivity contribution in [3.05, 3.63) is 41.6 Å². The Bertz CT molecular complexity index is 858. The van der Waals surface area contributed by atoms with Gasteiger partial charge in [-0.05, 0) is 32.9 Å². The fourth-order valence-electron chi connectivity index (χ4n) is 2.81. The van der Waals surface area contributed by atoms with Crippen LogP contribution in [0.1, 0.15) is 24.6 Å². The number of aryl methyl sites for hydroxylation is 2. The monoisotopic (exact) mass is 371 g/mol. The predicted octanol–water partition coefficient (Wildman–Crippen LogP) is 2.21. The molecule has 8 nitrogen and oxygen atoms in total. The summed E-state index contributed by atoms with van der Waals surface area (Å²) in [6.07, 6.45) is -0.964. The largest absolute Gasteiger partial charge is 0.452 e. The minimum atomic E-state index is -1.02. The van der Waals surface area contributed by atoms with Gasteiger partial charge in [-0.2, -0.15) is 0 Å². The van der Waals surface area contributed by atoms with E-state index in [0.717, 1.165) is 11.3 Å². The number of hydrogen-bond donors (Lipinski definition) is 1. The number of aromatic nitrogens is 1. The molecule has 27 heavy (non-hydrogen) atoms. The molecule has 2 amide bonds. The Morgan fingerprint density at radius 2 is 2.00 bits per heavy atom. The van der Waals surface area contributed by atoms with Crippen LogP contribution in [0.15, 0.2) is 34.9 Å². The highest BCUT2D eigenvalue weighted by Gasteiger charge is 2.37. The van der Waals surface area contributed by atoms with E-state index >= 15 is 0 Å². The number of nitrogens with zero attached hydrogens (tertiary/aromatic N) is 2. The molecular weight excluding hydrogens is 350 g/mol. The molecule has 1 aliphatic rings. The van der Waals surface area contributed by atoms with Gasteiger partial charge in [0.05, 0.1) is 11.6 Å². The first kappa shape index (κ1) is 18.6. The van der Waals surface area contributed by atoms with Crippen molar-refractivity contribution in [3.63, 3.8) is 0 Å². The molecular formula is C19H21N3O5. The quantitative estimate of drug-likeness (QED) is 0.809. The number of carbonyl (C=O) groups excluding carboxylic acids is 3. The zero-order valence-corrected chi connectivity index (χ0v) is 15.4. The SMILES string of the molecule is Cc1ccc(N2CC(C(=O)OC(C)C(=O)Nc3cc(C)no3)CC2=O)cc1. The van der Waals surface area contributed by atoms with E-state index in [1.807, 2.05) is 31.2 Å². The Balaban J connectivity index is 1.57. The molecule has 8 heteroatoms. The van der Waals surface area contributed by atoms with Gasteiger partial charge in [0, 0.05) is 24.7 Å². The van der Waals surface area contributed by atoms with Crippen LogP contribution in [-0.2, 0) is 19.1 Å². The molecule has 3 rings (SSSR count). The van der Waals surface area contributed by atoms with E-state index in [2.05, 4.69) is 10.5 Å². The third-order valence-corrected chi connectivity index (χ3v) is 4.34.